The molecule has 1 unspecified atom stereocenters. The van der Waals surface area contributed by atoms with Crippen molar-refractivity contribution in [3.05, 3.63) is 17.8 Å². The fourth-order valence-corrected chi connectivity index (χ4v) is 1.37. The zero-order valence-electron chi connectivity index (χ0n) is 9.43. The average Bonchev–Trinajstić information content (AvgIpc) is 2.20. The number of aromatic carboxylic acids is 1. The van der Waals surface area contributed by atoms with Crippen LogP contribution in [-0.2, 0) is 0 Å². The maximum atomic E-state index is 10.9. The van der Waals surface area contributed by atoms with Gasteiger partial charge in [0.05, 0.1) is 18.0 Å². The number of rotatable bonds is 5. The highest BCUT2D eigenvalue weighted by Gasteiger charge is 2.15. The fourth-order valence-electron chi connectivity index (χ4n) is 1.37. The molecule has 1 aromatic rings. The third kappa shape index (κ3) is 3.12. The standard InChI is InChI=1S/C11H16N2O3/c1-3-4-7(2)16-10-9(11(14)15)5-8(12)6-13-10/h5-7H,3-4,12H2,1-2H3,(H,14,15). The third-order valence-corrected chi connectivity index (χ3v) is 2.11. The summed E-state index contributed by atoms with van der Waals surface area (Å²) in [6.07, 6.45) is 3.16. The second kappa shape index (κ2) is 5.34. The van der Waals surface area contributed by atoms with Gasteiger partial charge in [-0.1, -0.05) is 13.3 Å². The van der Waals surface area contributed by atoms with Gasteiger partial charge in [0.25, 0.3) is 0 Å². The predicted molar refractivity (Wildman–Crippen MR) is 60.6 cm³/mol. The van der Waals surface area contributed by atoms with Crippen LogP contribution in [-0.4, -0.2) is 22.2 Å². The van der Waals surface area contributed by atoms with Crippen LogP contribution in [0.2, 0.25) is 0 Å². The van der Waals surface area contributed by atoms with E-state index in [1.54, 1.807) is 0 Å². The van der Waals surface area contributed by atoms with Gasteiger partial charge in [0.15, 0.2) is 0 Å². The first-order valence-electron chi connectivity index (χ1n) is 5.20. The summed E-state index contributed by atoms with van der Waals surface area (Å²) in [7, 11) is 0. The molecule has 0 aliphatic heterocycles. The Hall–Kier alpha value is -1.78. The van der Waals surface area contributed by atoms with E-state index in [4.69, 9.17) is 15.6 Å². The minimum Gasteiger partial charge on any atom is -0.477 e. The van der Waals surface area contributed by atoms with Crippen LogP contribution in [0, 0.1) is 0 Å². The van der Waals surface area contributed by atoms with Gasteiger partial charge in [0, 0.05) is 0 Å². The number of carbonyl (C=O) groups is 1. The molecule has 88 valence electrons. The molecule has 0 saturated carbocycles. The molecule has 0 radical (unpaired) electrons. The highest BCUT2D eigenvalue weighted by molar-refractivity contribution is 5.91. The molecule has 0 spiro atoms. The number of carboxylic acids is 1. The molecule has 1 rings (SSSR count). The van der Waals surface area contributed by atoms with Gasteiger partial charge in [-0.25, -0.2) is 9.78 Å². The number of nitrogen functional groups attached to an aromatic ring is 1. The van der Waals surface area contributed by atoms with E-state index < -0.39 is 5.97 Å². The van der Waals surface area contributed by atoms with Gasteiger partial charge in [-0.2, -0.15) is 0 Å². The van der Waals surface area contributed by atoms with E-state index in [0.29, 0.717) is 5.69 Å². The Morgan fingerprint density at radius 1 is 1.69 bits per heavy atom. The number of pyridine rings is 1. The summed E-state index contributed by atoms with van der Waals surface area (Å²) in [4.78, 5) is 14.8. The molecule has 0 aromatic carbocycles. The van der Waals surface area contributed by atoms with Gasteiger partial charge in [0.1, 0.15) is 5.56 Å². The number of anilines is 1. The number of ether oxygens (including phenoxy) is 1. The molecule has 1 aromatic heterocycles. The van der Waals surface area contributed by atoms with Crippen LogP contribution in [0.4, 0.5) is 5.69 Å². The predicted octanol–water partition coefficient (Wildman–Crippen LogP) is 1.93. The Kier molecular flexibility index (Phi) is 4.10. The molecule has 5 heteroatoms. The van der Waals surface area contributed by atoms with Crippen molar-refractivity contribution >= 4 is 11.7 Å². The van der Waals surface area contributed by atoms with E-state index >= 15 is 0 Å². The van der Waals surface area contributed by atoms with Gasteiger partial charge in [-0.15, -0.1) is 0 Å². The number of carboxylic acid groups (broad SMARTS) is 1. The van der Waals surface area contributed by atoms with Crippen molar-refractivity contribution in [2.24, 2.45) is 0 Å². The monoisotopic (exact) mass is 224 g/mol. The van der Waals surface area contributed by atoms with Crippen LogP contribution in [0.1, 0.15) is 37.0 Å². The molecule has 0 amide bonds. The number of hydrogen-bond acceptors (Lipinski definition) is 4. The minimum atomic E-state index is -1.08. The maximum Gasteiger partial charge on any atom is 0.341 e. The Morgan fingerprint density at radius 2 is 2.38 bits per heavy atom. The first-order valence-corrected chi connectivity index (χ1v) is 5.20. The number of aromatic nitrogens is 1. The van der Waals surface area contributed by atoms with Gasteiger partial charge in [0.2, 0.25) is 5.88 Å². The third-order valence-electron chi connectivity index (χ3n) is 2.11. The van der Waals surface area contributed by atoms with Crippen molar-refractivity contribution in [1.29, 1.82) is 0 Å². The first-order chi connectivity index (χ1) is 7.54. The lowest BCUT2D eigenvalue weighted by Crippen LogP contribution is -2.15. The molecular formula is C11H16N2O3. The van der Waals surface area contributed by atoms with Crippen LogP contribution >= 0.6 is 0 Å². The van der Waals surface area contributed by atoms with Crippen molar-refractivity contribution in [2.75, 3.05) is 5.73 Å². The zero-order chi connectivity index (χ0) is 12.1. The van der Waals surface area contributed by atoms with Crippen molar-refractivity contribution in [1.82, 2.24) is 4.98 Å². The van der Waals surface area contributed by atoms with Crippen LogP contribution in [0.15, 0.2) is 12.3 Å². The van der Waals surface area contributed by atoms with E-state index in [-0.39, 0.29) is 17.5 Å². The number of nitrogens with zero attached hydrogens (tertiary/aromatic N) is 1. The Balaban J connectivity index is 2.90. The molecule has 16 heavy (non-hydrogen) atoms. The normalized spacial score (nSPS) is 12.1. The van der Waals surface area contributed by atoms with E-state index in [9.17, 15) is 4.79 Å². The lowest BCUT2D eigenvalue weighted by molar-refractivity contribution is 0.0688. The van der Waals surface area contributed by atoms with Gasteiger partial charge >= 0.3 is 5.97 Å². The molecule has 0 aliphatic rings. The Bertz CT molecular complexity index is 379. The summed E-state index contributed by atoms with van der Waals surface area (Å²) in [6, 6.07) is 1.35. The number of hydrogen-bond donors (Lipinski definition) is 2. The highest BCUT2D eigenvalue weighted by Crippen LogP contribution is 2.20. The van der Waals surface area contributed by atoms with Crippen molar-refractivity contribution in [2.45, 2.75) is 32.8 Å². The average molecular weight is 224 g/mol. The molecular weight excluding hydrogens is 208 g/mol. The van der Waals surface area contributed by atoms with E-state index in [1.807, 2.05) is 13.8 Å². The molecule has 0 aliphatic carbocycles. The Morgan fingerprint density at radius 3 is 2.94 bits per heavy atom. The SMILES string of the molecule is CCCC(C)Oc1ncc(N)cc1C(=O)O. The molecule has 1 atom stereocenters. The fraction of sp³-hybridized carbons (Fsp3) is 0.455. The molecule has 0 fully saturated rings. The largest absolute Gasteiger partial charge is 0.477 e. The summed E-state index contributed by atoms with van der Waals surface area (Å²) < 4.78 is 5.45. The summed E-state index contributed by atoms with van der Waals surface area (Å²) in [5.41, 5.74) is 5.79. The summed E-state index contributed by atoms with van der Waals surface area (Å²) >= 11 is 0. The summed E-state index contributed by atoms with van der Waals surface area (Å²) in [5, 5.41) is 8.96. The lowest BCUT2D eigenvalue weighted by atomic mass is 10.2. The van der Waals surface area contributed by atoms with Crippen LogP contribution in [0.5, 0.6) is 5.88 Å². The molecule has 0 bridgehead atoms. The van der Waals surface area contributed by atoms with Crippen molar-refractivity contribution in [3.8, 4) is 5.88 Å². The topological polar surface area (TPSA) is 85.4 Å². The Labute approximate surface area is 94.2 Å². The van der Waals surface area contributed by atoms with E-state index in [1.165, 1.54) is 12.3 Å². The second-order valence-corrected chi connectivity index (χ2v) is 3.64. The van der Waals surface area contributed by atoms with Gasteiger partial charge in [-0.05, 0) is 19.4 Å². The molecule has 0 saturated heterocycles. The van der Waals surface area contributed by atoms with E-state index in [2.05, 4.69) is 4.98 Å². The van der Waals surface area contributed by atoms with Crippen LogP contribution in [0.25, 0.3) is 0 Å². The van der Waals surface area contributed by atoms with Crippen LogP contribution < -0.4 is 10.5 Å². The van der Waals surface area contributed by atoms with Gasteiger partial charge < -0.3 is 15.6 Å². The molecule has 5 nitrogen and oxygen atoms in total. The first kappa shape index (κ1) is 12.3. The molecule has 3 N–H and O–H groups in total. The smallest absolute Gasteiger partial charge is 0.341 e. The van der Waals surface area contributed by atoms with E-state index in [0.717, 1.165) is 12.8 Å². The quantitative estimate of drug-likeness (QED) is 0.798. The van der Waals surface area contributed by atoms with Gasteiger partial charge in [-0.3, -0.25) is 0 Å². The zero-order valence-corrected chi connectivity index (χ0v) is 9.43. The molecule has 1 heterocycles. The lowest BCUT2D eigenvalue weighted by Gasteiger charge is -2.14. The summed E-state index contributed by atoms with van der Waals surface area (Å²) in [5.74, 6) is -0.957. The minimum absolute atomic E-state index is 0.00273. The maximum absolute atomic E-state index is 10.9. The summed E-state index contributed by atoms with van der Waals surface area (Å²) in [6.45, 7) is 3.92. The highest BCUT2D eigenvalue weighted by atomic mass is 16.5. The second-order valence-electron chi connectivity index (χ2n) is 3.64. The van der Waals surface area contributed by atoms with Crippen LogP contribution in [0.3, 0.4) is 0 Å². The van der Waals surface area contributed by atoms with Crippen molar-refractivity contribution < 1.29 is 14.6 Å². The number of nitrogens with two attached hydrogens (primary N) is 1. The van der Waals surface area contributed by atoms with Crippen molar-refractivity contribution in [3.63, 3.8) is 0 Å².